The largest absolute Gasteiger partial charge is 0.300 e. The van der Waals surface area contributed by atoms with Gasteiger partial charge in [0.05, 0.1) is 16.3 Å². The normalized spacial score (nSPS) is 10.5. The van der Waals surface area contributed by atoms with E-state index in [4.69, 9.17) is 0 Å². The van der Waals surface area contributed by atoms with E-state index < -0.39 is 16.4 Å². The van der Waals surface area contributed by atoms with Crippen LogP contribution in [0.1, 0.15) is 5.69 Å². The van der Waals surface area contributed by atoms with E-state index in [0.29, 0.717) is 16.4 Å². The first-order valence-corrected chi connectivity index (χ1v) is 8.35. The Morgan fingerprint density at radius 1 is 1.27 bits per heavy atom. The van der Waals surface area contributed by atoms with Crippen molar-refractivity contribution in [2.24, 2.45) is 0 Å². The van der Waals surface area contributed by atoms with Gasteiger partial charge in [0.1, 0.15) is 6.54 Å². The van der Waals surface area contributed by atoms with Crippen LogP contribution in [0.15, 0.2) is 46.6 Å². The van der Waals surface area contributed by atoms with Crippen molar-refractivity contribution in [3.63, 3.8) is 0 Å². The Balaban J connectivity index is 1.80. The van der Waals surface area contributed by atoms with Gasteiger partial charge in [-0.15, -0.1) is 11.3 Å². The summed E-state index contributed by atoms with van der Waals surface area (Å²) in [4.78, 5) is 38.4. The lowest BCUT2D eigenvalue weighted by atomic mass is 10.1. The summed E-state index contributed by atoms with van der Waals surface area (Å²) in [5, 5.41) is 19.7. The second-order valence-electron chi connectivity index (χ2n) is 5.36. The molecule has 3 aromatic rings. The number of carbonyl (C=O) groups is 1. The average molecular weight is 371 g/mol. The molecule has 2 heterocycles. The lowest BCUT2D eigenvalue weighted by Crippen LogP contribution is -2.29. The molecule has 3 rings (SSSR count). The quantitative estimate of drug-likeness (QED) is 0.542. The van der Waals surface area contributed by atoms with Gasteiger partial charge in [0, 0.05) is 29.1 Å². The summed E-state index contributed by atoms with van der Waals surface area (Å²) in [7, 11) is 0. The maximum absolute atomic E-state index is 12.1. The second kappa shape index (κ2) is 7.23. The number of nitrogens with zero attached hydrogens (tertiary/aromatic N) is 4. The predicted molar refractivity (Wildman–Crippen MR) is 96.1 cm³/mol. The number of nitro benzene ring substituents is 1. The minimum Gasteiger partial charge on any atom is -0.300 e. The molecule has 0 saturated carbocycles. The third kappa shape index (κ3) is 3.98. The molecule has 0 radical (unpaired) electrons. The molecule has 0 bridgehead atoms. The number of non-ortho nitro benzene ring substituents is 1. The van der Waals surface area contributed by atoms with Gasteiger partial charge in [0.25, 0.3) is 11.2 Å². The van der Waals surface area contributed by atoms with Crippen LogP contribution in [0.2, 0.25) is 0 Å². The fourth-order valence-corrected chi connectivity index (χ4v) is 2.88. The van der Waals surface area contributed by atoms with Gasteiger partial charge < -0.3 is 5.32 Å². The number of aryl methyl sites for hydroxylation is 1. The Hall–Kier alpha value is -3.40. The third-order valence-corrected chi connectivity index (χ3v) is 4.27. The molecule has 1 amide bonds. The van der Waals surface area contributed by atoms with Gasteiger partial charge >= 0.3 is 0 Å². The number of rotatable bonds is 5. The Kier molecular flexibility index (Phi) is 4.85. The van der Waals surface area contributed by atoms with Crippen molar-refractivity contribution in [1.29, 1.82) is 0 Å². The molecule has 0 atom stereocenters. The Morgan fingerprint density at radius 3 is 2.62 bits per heavy atom. The summed E-state index contributed by atoms with van der Waals surface area (Å²) in [6, 6.07) is 8.57. The zero-order valence-corrected chi connectivity index (χ0v) is 14.4. The van der Waals surface area contributed by atoms with Crippen LogP contribution in [0.3, 0.4) is 0 Å². The van der Waals surface area contributed by atoms with Crippen molar-refractivity contribution in [3.05, 3.63) is 67.9 Å². The highest BCUT2D eigenvalue weighted by Crippen LogP contribution is 2.19. The fraction of sp³-hybridized carbons (Fsp3) is 0.125. The number of carbonyl (C=O) groups excluding carboxylic acids is 1. The van der Waals surface area contributed by atoms with E-state index in [-0.39, 0.29) is 12.2 Å². The summed E-state index contributed by atoms with van der Waals surface area (Å²) in [6.45, 7) is 1.55. The maximum atomic E-state index is 12.1. The highest BCUT2D eigenvalue weighted by atomic mass is 32.1. The van der Waals surface area contributed by atoms with E-state index in [2.05, 4.69) is 15.4 Å². The zero-order valence-electron chi connectivity index (χ0n) is 13.6. The first-order valence-electron chi connectivity index (χ1n) is 7.47. The third-order valence-electron chi connectivity index (χ3n) is 3.40. The van der Waals surface area contributed by atoms with Crippen molar-refractivity contribution in [2.75, 3.05) is 5.32 Å². The molecule has 132 valence electrons. The van der Waals surface area contributed by atoms with Gasteiger partial charge in [-0.1, -0.05) is 0 Å². The molecule has 0 saturated heterocycles. The van der Waals surface area contributed by atoms with Crippen LogP contribution >= 0.6 is 11.3 Å². The highest BCUT2D eigenvalue weighted by molar-refractivity contribution is 7.13. The van der Waals surface area contributed by atoms with Crippen LogP contribution in [0.5, 0.6) is 0 Å². The molecule has 0 aliphatic heterocycles. The van der Waals surface area contributed by atoms with E-state index in [9.17, 15) is 19.7 Å². The molecule has 0 aliphatic rings. The summed E-state index contributed by atoms with van der Waals surface area (Å²) in [5.74, 6) is -0.421. The van der Waals surface area contributed by atoms with Crippen molar-refractivity contribution in [3.8, 4) is 11.3 Å². The molecule has 1 N–H and O–H groups in total. The first kappa shape index (κ1) is 17.4. The first-order chi connectivity index (χ1) is 12.4. The number of aromatic nitrogens is 3. The highest BCUT2D eigenvalue weighted by Gasteiger charge is 2.11. The summed E-state index contributed by atoms with van der Waals surface area (Å²) in [6.07, 6.45) is 0. The van der Waals surface area contributed by atoms with E-state index in [1.54, 1.807) is 5.38 Å². The van der Waals surface area contributed by atoms with Crippen LogP contribution in [0.4, 0.5) is 10.8 Å². The number of thiazole rings is 1. The maximum Gasteiger partial charge on any atom is 0.269 e. The number of nitrogens with one attached hydrogen (secondary N) is 1. The summed E-state index contributed by atoms with van der Waals surface area (Å²) < 4.78 is 1.03. The molecular weight excluding hydrogens is 358 g/mol. The van der Waals surface area contributed by atoms with Crippen molar-refractivity contribution < 1.29 is 9.72 Å². The van der Waals surface area contributed by atoms with Gasteiger partial charge in [-0.2, -0.15) is 5.10 Å². The van der Waals surface area contributed by atoms with Crippen LogP contribution < -0.4 is 10.9 Å². The number of amides is 1. The standard InChI is InChI=1S/C16H13N5O4S/c1-10-9-26-16(17-10)18-14(22)8-20-15(23)7-6-13(19-20)11-2-4-12(5-3-11)21(24)25/h2-7,9H,8H2,1H3,(H,17,18,22). The number of hydrogen-bond acceptors (Lipinski definition) is 7. The second-order valence-corrected chi connectivity index (χ2v) is 6.22. The average Bonchev–Trinajstić information content (AvgIpc) is 3.01. The minimum absolute atomic E-state index is 0.0415. The Labute approximate surface area is 151 Å². The molecule has 10 heteroatoms. The van der Waals surface area contributed by atoms with Crippen LogP contribution in [0.25, 0.3) is 11.3 Å². The molecular formula is C16H13N5O4S. The van der Waals surface area contributed by atoms with Gasteiger partial charge in [-0.05, 0) is 25.1 Å². The monoisotopic (exact) mass is 371 g/mol. The molecule has 0 fully saturated rings. The van der Waals surface area contributed by atoms with Crippen molar-refractivity contribution in [1.82, 2.24) is 14.8 Å². The van der Waals surface area contributed by atoms with E-state index >= 15 is 0 Å². The predicted octanol–water partition coefficient (Wildman–Crippen LogP) is 2.22. The van der Waals surface area contributed by atoms with Gasteiger partial charge in [-0.25, -0.2) is 9.67 Å². The molecule has 2 aromatic heterocycles. The Bertz CT molecular complexity index is 1030. The number of hydrogen-bond donors (Lipinski definition) is 1. The van der Waals surface area contributed by atoms with Crippen molar-refractivity contribution in [2.45, 2.75) is 13.5 Å². The van der Waals surface area contributed by atoms with E-state index in [1.165, 1.54) is 47.7 Å². The lowest BCUT2D eigenvalue weighted by molar-refractivity contribution is -0.384. The number of anilines is 1. The summed E-state index contributed by atoms with van der Waals surface area (Å²) in [5.41, 5.74) is 1.35. The van der Waals surface area contributed by atoms with E-state index in [1.807, 2.05) is 6.92 Å². The topological polar surface area (TPSA) is 120 Å². The Morgan fingerprint density at radius 2 is 2.00 bits per heavy atom. The minimum atomic E-state index is -0.497. The zero-order chi connectivity index (χ0) is 18.7. The van der Waals surface area contributed by atoms with Crippen molar-refractivity contribution >= 4 is 28.1 Å². The number of benzene rings is 1. The van der Waals surface area contributed by atoms with Crippen LogP contribution in [0, 0.1) is 17.0 Å². The molecule has 0 spiro atoms. The van der Waals surface area contributed by atoms with E-state index in [0.717, 1.165) is 10.4 Å². The van der Waals surface area contributed by atoms with Gasteiger partial charge in [0.2, 0.25) is 5.91 Å². The SMILES string of the molecule is Cc1csc(NC(=O)Cn2nc(-c3ccc([N+](=O)[O-])cc3)ccc2=O)n1. The molecule has 0 aliphatic carbocycles. The van der Waals surface area contributed by atoms with Gasteiger partial charge in [0.15, 0.2) is 5.13 Å². The molecule has 26 heavy (non-hydrogen) atoms. The fourth-order valence-electron chi connectivity index (χ4n) is 2.18. The lowest BCUT2D eigenvalue weighted by Gasteiger charge is -2.07. The molecule has 9 nitrogen and oxygen atoms in total. The molecule has 1 aromatic carbocycles. The smallest absolute Gasteiger partial charge is 0.269 e. The van der Waals surface area contributed by atoms with Crippen LogP contribution in [-0.2, 0) is 11.3 Å². The van der Waals surface area contributed by atoms with Crippen LogP contribution in [-0.4, -0.2) is 25.6 Å². The number of nitro groups is 1. The molecule has 0 unspecified atom stereocenters. The summed E-state index contributed by atoms with van der Waals surface area (Å²) >= 11 is 1.29. The van der Waals surface area contributed by atoms with Gasteiger partial charge in [-0.3, -0.25) is 19.7 Å².